The Bertz CT molecular complexity index is 387. The first-order valence-corrected chi connectivity index (χ1v) is 11.9. The molecule has 0 fully saturated rings. The third-order valence-electron chi connectivity index (χ3n) is 5.17. The van der Waals surface area contributed by atoms with Gasteiger partial charge in [0.2, 0.25) is 0 Å². The highest BCUT2D eigenvalue weighted by Crippen LogP contribution is 2.13. The van der Waals surface area contributed by atoms with Crippen molar-refractivity contribution in [2.75, 3.05) is 0 Å². The summed E-state index contributed by atoms with van der Waals surface area (Å²) < 4.78 is 0. The Morgan fingerprint density at radius 1 is 0.750 bits per heavy atom. The Morgan fingerprint density at radius 3 is 1.93 bits per heavy atom. The van der Waals surface area contributed by atoms with Crippen molar-refractivity contribution in [3.8, 4) is 0 Å². The van der Waals surface area contributed by atoms with Crippen LogP contribution in [0, 0.1) is 0 Å². The van der Waals surface area contributed by atoms with E-state index in [-0.39, 0.29) is 6.10 Å². The quantitative estimate of drug-likeness (QED) is 0.156. The van der Waals surface area contributed by atoms with E-state index < -0.39 is 5.97 Å². The van der Waals surface area contributed by atoms with Crippen molar-refractivity contribution < 1.29 is 15.0 Å². The van der Waals surface area contributed by atoms with Crippen LogP contribution < -0.4 is 0 Å². The molecule has 0 radical (unpaired) electrons. The van der Waals surface area contributed by atoms with Crippen LogP contribution >= 0.6 is 0 Å². The number of hydrogen-bond donors (Lipinski definition) is 2. The predicted octanol–water partition coefficient (Wildman–Crippen LogP) is 7.59. The van der Waals surface area contributed by atoms with Gasteiger partial charge >= 0.3 is 5.97 Å². The summed E-state index contributed by atoms with van der Waals surface area (Å²) in [7, 11) is 0. The molecule has 3 heteroatoms. The molecular formula is C25H46O3. The Balaban J connectivity index is 3.29. The van der Waals surface area contributed by atoms with Crippen molar-refractivity contribution in [2.24, 2.45) is 0 Å². The van der Waals surface area contributed by atoms with Gasteiger partial charge in [-0.1, -0.05) is 102 Å². The summed E-state index contributed by atoms with van der Waals surface area (Å²) in [4.78, 5) is 10.4. The number of aliphatic hydroxyl groups is 1. The van der Waals surface area contributed by atoms with Gasteiger partial charge in [0.25, 0.3) is 0 Å². The van der Waals surface area contributed by atoms with E-state index in [4.69, 9.17) is 5.11 Å². The summed E-state index contributed by atoms with van der Waals surface area (Å²) in [6, 6.07) is 0. The Kier molecular flexibility index (Phi) is 21.3. The van der Waals surface area contributed by atoms with Crippen molar-refractivity contribution in [3.05, 3.63) is 24.3 Å². The average molecular weight is 395 g/mol. The Hall–Kier alpha value is -1.09. The maximum absolute atomic E-state index is 10.4. The number of allylic oxidation sites excluding steroid dienone is 3. The maximum Gasteiger partial charge on any atom is 0.303 e. The van der Waals surface area contributed by atoms with E-state index in [0.29, 0.717) is 6.42 Å². The van der Waals surface area contributed by atoms with Crippen LogP contribution in [-0.2, 0) is 4.79 Å². The van der Waals surface area contributed by atoms with E-state index in [1.807, 2.05) is 0 Å². The van der Waals surface area contributed by atoms with Gasteiger partial charge in [0, 0.05) is 6.42 Å². The molecule has 0 saturated carbocycles. The van der Waals surface area contributed by atoms with Crippen LogP contribution in [0.3, 0.4) is 0 Å². The molecule has 0 aromatic heterocycles. The molecule has 3 nitrogen and oxygen atoms in total. The molecule has 1 atom stereocenters. The molecule has 0 rings (SSSR count). The minimum absolute atomic E-state index is 0.185. The lowest BCUT2D eigenvalue weighted by molar-refractivity contribution is -0.137. The molecule has 164 valence electrons. The number of rotatable bonds is 21. The molecule has 0 aromatic carbocycles. The highest BCUT2D eigenvalue weighted by Gasteiger charge is 2.01. The van der Waals surface area contributed by atoms with Crippen molar-refractivity contribution >= 4 is 5.97 Å². The molecule has 2 N–H and O–H groups in total. The first-order chi connectivity index (χ1) is 13.7. The molecule has 0 aliphatic heterocycles. The maximum atomic E-state index is 10.4. The molecule has 0 aliphatic rings. The molecular weight excluding hydrogens is 348 g/mol. The zero-order valence-corrected chi connectivity index (χ0v) is 18.4. The number of carbonyl (C=O) groups is 1. The molecule has 0 saturated heterocycles. The first-order valence-electron chi connectivity index (χ1n) is 11.9. The molecule has 0 aromatic rings. The van der Waals surface area contributed by atoms with E-state index in [2.05, 4.69) is 31.2 Å². The summed E-state index contributed by atoms with van der Waals surface area (Å²) >= 11 is 0. The van der Waals surface area contributed by atoms with Gasteiger partial charge in [0.1, 0.15) is 0 Å². The van der Waals surface area contributed by atoms with Crippen LogP contribution in [0.25, 0.3) is 0 Å². The highest BCUT2D eigenvalue weighted by atomic mass is 16.4. The molecule has 0 amide bonds. The van der Waals surface area contributed by atoms with Crippen LogP contribution in [0.2, 0.25) is 0 Å². The minimum Gasteiger partial charge on any atom is -0.481 e. The average Bonchev–Trinajstić information content (AvgIpc) is 2.67. The van der Waals surface area contributed by atoms with E-state index in [1.54, 1.807) is 0 Å². The van der Waals surface area contributed by atoms with E-state index in [0.717, 1.165) is 38.5 Å². The monoisotopic (exact) mass is 394 g/mol. The third kappa shape index (κ3) is 23.0. The van der Waals surface area contributed by atoms with Gasteiger partial charge in [-0.2, -0.15) is 0 Å². The standard InChI is InChI=1S/C25H46O3/c1-2-3-4-5-6-9-12-15-18-21-24(26)22-19-16-13-10-7-8-11-14-17-20-23-25(27)28/h6,9,15,18,24,26H,2-5,7-8,10-14,16-17,19-23H2,1H3,(H,27,28). The number of hydrogen-bond acceptors (Lipinski definition) is 2. The molecule has 0 bridgehead atoms. The summed E-state index contributed by atoms with van der Waals surface area (Å²) in [5.74, 6) is -0.675. The van der Waals surface area contributed by atoms with Crippen molar-refractivity contribution in [1.29, 1.82) is 0 Å². The van der Waals surface area contributed by atoms with E-state index >= 15 is 0 Å². The lowest BCUT2D eigenvalue weighted by atomic mass is 10.0. The van der Waals surface area contributed by atoms with Gasteiger partial charge in [0.15, 0.2) is 0 Å². The second-order valence-electron chi connectivity index (χ2n) is 8.03. The molecule has 0 heterocycles. The van der Waals surface area contributed by atoms with Crippen molar-refractivity contribution in [2.45, 2.75) is 129 Å². The fourth-order valence-corrected chi connectivity index (χ4v) is 3.34. The fourth-order valence-electron chi connectivity index (χ4n) is 3.34. The summed E-state index contributed by atoms with van der Waals surface area (Å²) in [6.07, 6.45) is 28.4. The smallest absolute Gasteiger partial charge is 0.303 e. The zero-order valence-electron chi connectivity index (χ0n) is 18.4. The zero-order chi connectivity index (χ0) is 20.7. The Labute approximate surface area is 174 Å². The normalized spacial score (nSPS) is 12.9. The predicted molar refractivity (Wildman–Crippen MR) is 121 cm³/mol. The number of unbranched alkanes of at least 4 members (excludes halogenated alkanes) is 12. The molecule has 28 heavy (non-hydrogen) atoms. The summed E-state index contributed by atoms with van der Waals surface area (Å²) in [6.45, 7) is 2.23. The molecule has 1 unspecified atom stereocenters. The number of aliphatic carboxylic acids is 1. The van der Waals surface area contributed by atoms with E-state index in [9.17, 15) is 9.90 Å². The van der Waals surface area contributed by atoms with Gasteiger partial charge in [0.05, 0.1) is 6.10 Å². The number of carboxylic acid groups (broad SMARTS) is 1. The summed E-state index contributed by atoms with van der Waals surface area (Å²) in [5, 5.41) is 18.6. The lowest BCUT2D eigenvalue weighted by Crippen LogP contribution is -2.04. The highest BCUT2D eigenvalue weighted by molar-refractivity contribution is 5.66. The second-order valence-corrected chi connectivity index (χ2v) is 8.03. The Morgan fingerprint density at radius 2 is 1.32 bits per heavy atom. The largest absolute Gasteiger partial charge is 0.481 e. The van der Waals surface area contributed by atoms with Crippen LogP contribution in [0.1, 0.15) is 122 Å². The number of aliphatic hydroxyl groups excluding tert-OH is 1. The van der Waals surface area contributed by atoms with Gasteiger partial charge in [-0.15, -0.1) is 0 Å². The van der Waals surface area contributed by atoms with Crippen LogP contribution in [0.5, 0.6) is 0 Å². The first kappa shape index (κ1) is 26.9. The van der Waals surface area contributed by atoms with Crippen molar-refractivity contribution in [1.82, 2.24) is 0 Å². The van der Waals surface area contributed by atoms with Crippen molar-refractivity contribution in [3.63, 3.8) is 0 Å². The van der Waals surface area contributed by atoms with Crippen LogP contribution in [0.15, 0.2) is 24.3 Å². The van der Waals surface area contributed by atoms with Crippen LogP contribution in [-0.4, -0.2) is 22.3 Å². The van der Waals surface area contributed by atoms with Gasteiger partial charge in [-0.3, -0.25) is 4.79 Å². The van der Waals surface area contributed by atoms with E-state index in [1.165, 1.54) is 70.6 Å². The fraction of sp³-hybridized carbons (Fsp3) is 0.800. The minimum atomic E-state index is -0.675. The summed E-state index contributed by atoms with van der Waals surface area (Å²) in [5.41, 5.74) is 0. The van der Waals surface area contributed by atoms with Crippen LogP contribution in [0.4, 0.5) is 0 Å². The molecule has 0 aliphatic carbocycles. The second kappa shape index (κ2) is 22.2. The van der Waals surface area contributed by atoms with Gasteiger partial charge < -0.3 is 10.2 Å². The topological polar surface area (TPSA) is 57.5 Å². The van der Waals surface area contributed by atoms with Gasteiger partial charge in [-0.05, 0) is 38.5 Å². The number of carboxylic acids is 1. The molecule has 0 spiro atoms. The van der Waals surface area contributed by atoms with Gasteiger partial charge in [-0.25, -0.2) is 0 Å². The third-order valence-corrected chi connectivity index (χ3v) is 5.17. The SMILES string of the molecule is CCCCCC=CCC=CCC(O)CCCCCCCCCCCCC(=O)O. The lowest BCUT2D eigenvalue weighted by Gasteiger charge is -2.07.